The van der Waals surface area contributed by atoms with Gasteiger partial charge in [-0.25, -0.2) is 17.9 Å². The molecule has 0 amide bonds. The molecule has 4 rings (SSSR count). The first-order valence-electron chi connectivity index (χ1n) is 7.74. The van der Waals surface area contributed by atoms with Gasteiger partial charge in [0.2, 0.25) is 0 Å². The maximum atomic E-state index is 12.7. The highest BCUT2D eigenvalue weighted by atomic mass is 32.2. The van der Waals surface area contributed by atoms with Crippen LogP contribution >= 0.6 is 0 Å². The number of carboxylic acids is 1. The lowest BCUT2D eigenvalue weighted by molar-refractivity contribution is 0.0689. The van der Waals surface area contributed by atoms with Crippen molar-refractivity contribution < 1.29 is 23.1 Å². The Hall–Kier alpha value is -3.13. The van der Waals surface area contributed by atoms with Crippen LogP contribution in [-0.4, -0.2) is 36.4 Å². The predicted molar refractivity (Wildman–Crippen MR) is 93.4 cm³/mol. The van der Waals surface area contributed by atoms with Gasteiger partial charge in [-0.1, -0.05) is 18.2 Å². The summed E-state index contributed by atoms with van der Waals surface area (Å²) in [5.41, 5.74) is 1.40. The van der Waals surface area contributed by atoms with Crippen LogP contribution in [0.2, 0.25) is 0 Å². The highest BCUT2D eigenvalue weighted by Gasteiger charge is 2.36. The molecule has 0 aliphatic carbocycles. The van der Waals surface area contributed by atoms with Crippen LogP contribution in [0, 0.1) is 0 Å². The van der Waals surface area contributed by atoms with Gasteiger partial charge in [0.25, 0.3) is 0 Å². The third-order valence-electron chi connectivity index (χ3n) is 4.30. The van der Waals surface area contributed by atoms with Crippen molar-refractivity contribution >= 4 is 15.8 Å². The first kappa shape index (κ1) is 16.3. The van der Waals surface area contributed by atoms with E-state index in [9.17, 15) is 18.3 Å². The molecule has 0 fully saturated rings. The summed E-state index contributed by atoms with van der Waals surface area (Å²) in [6.07, 6.45) is 0. The predicted octanol–water partition coefficient (Wildman–Crippen LogP) is 2.53. The lowest BCUT2D eigenvalue weighted by Crippen LogP contribution is -2.15. The van der Waals surface area contributed by atoms with Crippen molar-refractivity contribution in [1.82, 2.24) is 9.78 Å². The lowest BCUT2D eigenvalue weighted by Gasteiger charge is -2.19. The zero-order valence-electron chi connectivity index (χ0n) is 13.7. The molecule has 0 spiro atoms. The highest BCUT2D eigenvalue weighted by molar-refractivity contribution is 7.90. The molecule has 0 radical (unpaired) electrons. The van der Waals surface area contributed by atoms with Crippen LogP contribution in [0.15, 0.2) is 53.4 Å². The number of aromatic carboxylic acids is 1. The molecule has 7 nitrogen and oxygen atoms in total. The molecule has 0 saturated carbocycles. The van der Waals surface area contributed by atoms with Gasteiger partial charge in [-0.15, -0.1) is 0 Å². The quantitative estimate of drug-likeness (QED) is 0.761. The number of benzene rings is 2. The first-order chi connectivity index (χ1) is 12.4. The van der Waals surface area contributed by atoms with Crippen LogP contribution in [-0.2, 0) is 15.6 Å². The molecule has 3 aromatic rings. The number of fused-ring (bicyclic) bond motifs is 3. The largest absolute Gasteiger partial charge is 0.497 e. The molecule has 132 valence electrons. The molecule has 8 heteroatoms. The van der Waals surface area contributed by atoms with Crippen LogP contribution in [0.3, 0.4) is 0 Å². The highest BCUT2D eigenvalue weighted by Crippen LogP contribution is 2.42. The number of sulfone groups is 1. The summed E-state index contributed by atoms with van der Waals surface area (Å²) < 4.78 is 32.1. The van der Waals surface area contributed by atoms with Gasteiger partial charge in [0.05, 0.1) is 29.1 Å². The SMILES string of the molecule is COc1ccc2c(c1)-c1c(c(C(=O)O)nn1-c1ccccc1)CS2(=O)=O. The minimum Gasteiger partial charge on any atom is -0.497 e. The second-order valence-corrected chi connectivity index (χ2v) is 7.81. The number of ether oxygens (including phenoxy) is 1. The number of carboxylic acid groups (broad SMARTS) is 1. The van der Waals surface area contributed by atoms with Gasteiger partial charge in [0.1, 0.15) is 5.75 Å². The summed E-state index contributed by atoms with van der Waals surface area (Å²) in [4.78, 5) is 11.8. The first-order valence-corrected chi connectivity index (χ1v) is 9.39. The molecule has 1 aliphatic heterocycles. The van der Waals surface area contributed by atoms with Crippen molar-refractivity contribution in [2.45, 2.75) is 10.6 Å². The summed E-state index contributed by atoms with van der Waals surface area (Å²) >= 11 is 0. The second-order valence-electron chi connectivity index (χ2n) is 5.85. The normalized spacial score (nSPS) is 14.3. The van der Waals surface area contributed by atoms with E-state index in [0.29, 0.717) is 22.7 Å². The van der Waals surface area contributed by atoms with Crippen LogP contribution < -0.4 is 4.74 Å². The number of carbonyl (C=O) groups is 1. The van der Waals surface area contributed by atoms with Gasteiger partial charge in [0.15, 0.2) is 15.5 Å². The molecular weight excluding hydrogens is 356 g/mol. The topological polar surface area (TPSA) is 98.5 Å². The number of hydrogen-bond acceptors (Lipinski definition) is 5. The molecule has 0 unspecified atom stereocenters. The van der Waals surface area contributed by atoms with E-state index in [1.54, 1.807) is 36.4 Å². The maximum absolute atomic E-state index is 12.7. The fourth-order valence-electron chi connectivity index (χ4n) is 3.15. The van der Waals surface area contributed by atoms with Crippen LogP contribution in [0.5, 0.6) is 5.75 Å². The van der Waals surface area contributed by atoms with Crippen LogP contribution in [0.4, 0.5) is 0 Å². The zero-order valence-corrected chi connectivity index (χ0v) is 14.5. The van der Waals surface area contributed by atoms with E-state index >= 15 is 0 Å². The van der Waals surface area contributed by atoms with Crippen molar-refractivity contribution in [1.29, 1.82) is 0 Å². The van der Waals surface area contributed by atoms with Crippen molar-refractivity contribution in [3.63, 3.8) is 0 Å². The third kappa shape index (κ3) is 2.38. The lowest BCUT2D eigenvalue weighted by atomic mass is 10.0. The maximum Gasteiger partial charge on any atom is 0.356 e. The summed E-state index contributed by atoms with van der Waals surface area (Å²) in [5.74, 6) is -1.20. The van der Waals surface area contributed by atoms with Gasteiger partial charge in [-0.05, 0) is 30.3 Å². The Morgan fingerprint density at radius 3 is 2.58 bits per heavy atom. The number of nitrogens with zero attached hydrogens (tertiary/aromatic N) is 2. The van der Waals surface area contributed by atoms with Crippen molar-refractivity contribution in [2.24, 2.45) is 0 Å². The molecule has 0 atom stereocenters. The van der Waals surface area contributed by atoms with Crippen molar-refractivity contribution in [2.75, 3.05) is 7.11 Å². The fraction of sp³-hybridized carbons (Fsp3) is 0.111. The number of rotatable bonds is 3. The Morgan fingerprint density at radius 1 is 1.19 bits per heavy atom. The van der Waals surface area contributed by atoms with Crippen molar-refractivity contribution in [3.8, 4) is 22.7 Å². The van der Waals surface area contributed by atoms with E-state index in [0.717, 1.165) is 0 Å². The van der Waals surface area contributed by atoms with E-state index in [-0.39, 0.29) is 16.2 Å². The summed E-state index contributed by atoms with van der Waals surface area (Å²) in [7, 11) is -2.19. The van der Waals surface area contributed by atoms with E-state index < -0.39 is 21.6 Å². The molecule has 2 aromatic carbocycles. The average molecular weight is 370 g/mol. The fourth-order valence-corrected chi connectivity index (χ4v) is 4.73. The van der Waals surface area contributed by atoms with Crippen molar-refractivity contribution in [3.05, 3.63) is 59.8 Å². The molecule has 1 aromatic heterocycles. The minimum absolute atomic E-state index is 0.139. The number of aromatic nitrogens is 2. The average Bonchev–Trinajstić information content (AvgIpc) is 3.01. The van der Waals surface area contributed by atoms with Gasteiger partial charge in [0, 0.05) is 11.1 Å². The Bertz CT molecular complexity index is 1130. The minimum atomic E-state index is -3.68. The van der Waals surface area contributed by atoms with Gasteiger partial charge >= 0.3 is 5.97 Å². The molecule has 1 aliphatic rings. The van der Waals surface area contributed by atoms with Gasteiger partial charge in [-0.2, -0.15) is 5.10 Å². The summed E-state index contributed by atoms with van der Waals surface area (Å²) in [5, 5.41) is 13.7. The number of methoxy groups -OCH3 is 1. The van der Waals surface area contributed by atoms with E-state index in [1.807, 2.05) is 6.07 Å². The molecule has 26 heavy (non-hydrogen) atoms. The van der Waals surface area contributed by atoms with Crippen LogP contribution in [0.1, 0.15) is 16.1 Å². The van der Waals surface area contributed by atoms with Gasteiger partial charge < -0.3 is 9.84 Å². The van der Waals surface area contributed by atoms with E-state index in [2.05, 4.69) is 5.10 Å². The Balaban J connectivity index is 2.11. The molecule has 2 heterocycles. The monoisotopic (exact) mass is 370 g/mol. The molecular formula is C18H14N2O5S. The standard InChI is InChI=1S/C18H14N2O5S/c1-25-12-7-8-15-13(9-12)17-14(10-26(15,23)24)16(18(21)22)19-20(17)11-5-3-2-4-6-11/h2-9H,10H2,1H3,(H,21,22). The number of hydrogen-bond donors (Lipinski definition) is 1. The smallest absolute Gasteiger partial charge is 0.356 e. The summed E-state index contributed by atoms with van der Waals surface area (Å²) in [6.45, 7) is 0. The Kier molecular flexibility index (Phi) is 3.58. The Labute approximate surface area is 149 Å². The van der Waals surface area contributed by atoms with E-state index in [4.69, 9.17) is 4.74 Å². The molecule has 1 N–H and O–H groups in total. The second kappa shape index (κ2) is 5.70. The van der Waals surface area contributed by atoms with Crippen LogP contribution in [0.25, 0.3) is 16.9 Å². The molecule has 0 saturated heterocycles. The summed E-state index contributed by atoms with van der Waals surface area (Å²) in [6, 6.07) is 13.6. The Morgan fingerprint density at radius 2 is 1.92 bits per heavy atom. The van der Waals surface area contributed by atoms with E-state index in [1.165, 1.54) is 17.9 Å². The zero-order chi connectivity index (χ0) is 18.5. The van der Waals surface area contributed by atoms with Gasteiger partial charge in [-0.3, -0.25) is 0 Å². The molecule has 0 bridgehead atoms. The third-order valence-corrected chi connectivity index (χ3v) is 5.99. The number of para-hydroxylation sites is 1.